The van der Waals surface area contributed by atoms with Gasteiger partial charge in [-0.15, -0.1) is 5.10 Å². The Balaban J connectivity index is 1.54. The van der Waals surface area contributed by atoms with E-state index in [4.69, 9.17) is 0 Å². The summed E-state index contributed by atoms with van der Waals surface area (Å²) in [5.74, 6) is 0.443. The molecule has 0 aliphatic carbocycles. The van der Waals surface area contributed by atoms with Crippen molar-refractivity contribution in [3.63, 3.8) is 0 Å². The highest BCUT2D eigenvalue weighted by atomic mass is 19.1. The monoisotopic (exact) mass is 510 g/mol. The molecule has 8 heteroatoms. The number of aromatic amines is 1. The number of aryl methyl sites for hydroxylation is 2. The van der Waals surface area contributed by atoms with Gasteiger partial charge in [0.1, 0.15) is 5.82 Å². The van der Waals surface area contributed by atoms with Crippen LogP contribution in [0.15, 0.2) is 77.6 Å². The van der Waals surface area contributed by atoms with E-state index in [0.29, 0.717) is 25.2 Å². The van der Waals surface area contributed by atoms with Crippen molar-refractivity contribution in [1.29, 1.82) is 0 Å². The Bertz CT molecular complexity index is 1590. The van der Waals surface area contributed by atoms with Gasteiger partial charge in [-0.05, 0) is 77.2 Å². The Kier molecular flexibility index (Phi) is 7.42. The van der Waals surface area contributed by atoms with Gasteiger partial charge in [0, 0.05) is 29.6 Å². The number of H-pyrrole nitrogens is 1. The number of benzene rings is 3. The van der Waals surface area contributed by atoms with Gasteiger partial charge in [0.05, 0.1) is 12.6 Å². The molecule has 0 spiro atoms. The third-order valence-corrected chi connectivity index (χ3v) is 6.92. The molecule has 2 heterocycles. The minimum Gasteiger partial charge on any atom is -0.322 e. The summed E-state index contributed by atoms with van der Waals surface area (Å²) in [6, 6.07) is 22.5. The van der Waals surface area contributed by atoms with E-state index in [9.17, 15) is 9.18 Å². The van der Waals surface area contributed by atoms with Crippen molar-refractivity contribution in [1.82, 2.24) is 30.1 Å². The van der Waals surface area contributed by atoms with Crippen LogP contribution in [-0.4, -0.2) is 30.1 Å². The average Bonchev–Trinajstić information content (AvgIpc) is 3.34. The minimum absolute atomic E-state index is 0.120. The molecule has 0 saturated heterocycles. The Morgan fingerprint density at radius 3 is 2.47 bits per heavy atom. The van der Waals surface area contributed by atoms with Crippen molar-refractivity contribution >= 4 is 10.9 Å². The standard InChI is InChI=1S/C30H31FN6O/c1-4-28(29-33-34-35-37(29)18-22-8-6-5-7-9-22)36(17-23-10-12-25(31)13-11-23)19-24-16-26-21(3)14-20(2)15-27(26)32-30(24)38/h5-16,28H,4,17-19H2,1-3H3,(H,32,38)/t28-/m0/s1. The van der Waals surface area contributed by atoms with Gasteiger partial charge < -0.3 is 4.98 Å². The highest BCUT2D eigenvalue weighted by Crippen LogP contribution is 2.27. The molecule has 1 N–H and O–H groups in total. The lowest BCUT2D eigenvalue weighted by Crippen LogP contribution is -2.32. The SMILES string of the molecule is CC[C@@H](c1nnnn1Cc1ccccc1)N(Cc1ccc(F)cc1)Cc1cc2c(C)cc(C)cc2[nH]c1=O. The first-order valence-electron chi connectivity index (χ1n) is 12.8. The zero-order valence-electron chi connectivity index (χ0n) is 21.9. The van der Waals surface area contributed by atoms with Crippen molar-refractivity contribution in [3.05, 3.63) is 123 Å². The fraction of sp³-hybridized carbons (Fsp3) is 0.267. The summed E-state index contributed by atoms with van der Waals surface area (Å²) in [7, 11) is 0. The summed E-state index contributed by atoms with van der Waals surface area (Å²) in [6.07, 6.45) is 0.722. The molecule has 194 valence electrons. The molecule has 0 unspecified atom stereocenters. The van der Waals surface area contributed by atoms with Gasteiger partial charge >= 0.3 is 0 Å². The molecule has 0 aliphatic rings. The lowest BCUT2D eigenvalue weighted by molar-refractivity contribution is 0.161. The summed E-state index contributed by atoms with van der Waals surface area (Å²) >= 11 is 0. The molecular weight excluding hydrogens is 479 g/mol. The number of pyridine rings is 1. The maximum Gasteiger partial charge on any atom is 0.252 e. The van der Waals surface area contributed by atoms with Crippen LogP contribution in [-0.2, 0) is 19.6 Å². The third-order valence-electron chi connectivity index (χ3n) is 6.92. The second-order valence-corrected chi connectivity index (χ2v) is 9.80. The van der Waals surface area contributed by atoms with E-state index in [1.54, 1.807) is 12.1 Å². The van der Waals surface area contributed by atoms with Crippen molar-refractivity contribution in [2.45, 2.75) is 52.9 Å². The predicted molar refractivity (Wildman–Crippen MR) is 146 cm³/mol. The second kappa shape index (κ2) is 11.1. The van der Waals surface area contributed by atoms with Crippen LogP contribution in [0.1, 0.15) is 53.0 Å². The van der Waals surface area contributed by atoms with E-state index < -0.39 is 0 Å². The number of nitrogens with one attached hydrogen (secondary N) is 1. The van der Waals surface area contributed by atoms with Crippen LogP contribution in [0.5, 0.6) is 0 Å². The molecule has 38 heavy (non-hydrogen) atoms. The van der Waals surface area contributed by atoms with Crippen LogP contribution >= 0.6 is 0 Å². The van der Waals surface area contributed by atoms with Gasteiger partial charge in [-0.1, -0.05) is 55.5 Å². The van der Waals surface area contributed by atoms with Crippen LogP contribution in [0, 0.1) is 19.7 Å². The van der Waals surface area contributed by atoms with Gasteiger partial charge in [-0.25, -0.2) is 9.07 Å². The van der Waals surface area contributed by atoms with Gasteiger partial charge in [0.15, 0.2) is 5.82 Å². The molecule has 0 amide bonds. The normalized spacial score (nSPS) is 12.3. The first-order valence-corrected chi connectivity index (χ1v) is 12.8. The van der Waals surface area contributed by atoms with E-state index in [0.717, 1.165) is 45.4 Å². The number of fused-ring (bicyclic) bond motifs is 1. The molecule has 5 aromatic rings. The topological polar surface area (TPSA) is 79.7 Å². The van der Waals surface area contributed by atoms with E-state index in [2.05, 4.69) is 45.3 Å². The van der Waals surface area contributed by atoms with Crippen molar-refractivity contribution < 1.29 is 4.39 Å². The molecule has 1 atom stereocenters. The number of rotatable bonds is 9. The molecule has 5 rings (SSSR count). The Hall–Kier alpha value is -4.17. The number of hydrogen-bond donors (Lipinski definition) is 1. The van der Waals surface area contributed by atoms with E-state index in [1.165, 1.54) is 12.1 Å². The van der Waals surface area contributed by atoms with Crippen LogP contribution in [0.4, 0.5) is 4.39 Å². The molecule has 0 fully saturated rings. The van der Waals surface area contributed by atoms with Crippen molar-refractivity contribution in [2.24, 2.45) is 0 Å². The smallest absolute Gasteiger partial charge is 0.252 e. The molecule has 0 saturated carbocycles. The molecule has 0 radical (unpaired) electrons. The highest BCUT2D eigenvalue weighted by molar-refractivity contribution is 5.83. The Labute approximate surface area is 220 Å². The maximum absolute atomic E-state index is 13.7. The largest absolute Gasteiger partial charge is 0.322 e. The molecule has 3 aromatic carbocycles. The lowest BCUT2D eigenvalue weighted by atomic mass is 10.0. The summed E-state index contributed by atoms with van der Waals surface area (Å²) in [5, 5.41) is 13.7. The van der Waals surface area contributed by atoms with Crippen LogP contribution in [0.3, 0.4) is 0 Å². The zero-order valence-corrected chi connectivity index (χ0v) is 21.9. The van der Waals surface area contributed by atoms with Crippen LogP contribution in [0.2, 0.25) is 0 Å². The highest BCUT2D eigenvalue weighted by Gasteiger charge is 2.26. The molecule has 7 nitrogen and oxygen atoms in total. The number of hydrogen-bond acceptors (Lipinski definition) is 5. The van der Waals surface area contributed by atoms with E-state index >= 15 is 0 Å². The number of halogens is 1. The fourth-order valence-electron chi connectivity index (χ4n) is 5.08. The second-order valence-electron chi connectivity index (χ2n) is 9.80. The van der Waals surface area contributed by atoms with E-state index in [1.807, 2.05) is 54.1 Å². The average molecular weight is 511 g/mol. The first kappa shape index (κ1) is 25.5. The Morgan fingerprint density at radius 2 is 1.74 bits per heavy atom. The molecule has 2 aromatic heterocycles. The van der Waals surface area contributed by atoms with Crippen LogP contribution in [0.25, 0.3) is 10.9 Å². The van der Waals surface area contributed by atoms with Gasteiger partial charge in [0.25, 0.3) is 5.56 Å². The number of nitrogens with zero attached hydrogens (tertiary/aromatic N) is 5. The molecule has 0 bridgehead atoms. The quantitative estimate of drug-likeness (QED) is 0.284. The molecule has 0 aliphatic heterocycles. The predicted octanol–water partition coefficient (Wildman–Crippen LogP) is 5.47. The first-order chi connectivity index (χ1) is 18.4. The van der Waals surface area contributed by atoms with Gasteiger partial charge in [-0.3, -0.25) is 9.69 Å². The number of tetrazole rings is 1. The van der Waals surface area contributed by atoms with Crippen molar-refractivity contribution in [3.8, 4) is 0 Å². The summed E-state index contributed by atoms with van der Waals surface area (Å²) < 4.78 is 15.5. The van der Waals surface area contributed by atoms with Gasteiger partial charge in [-0.2, -0.15) is 0 Å². The van der Waals surface area contributed by atoms with Crippen LogP contribution < -0.4 is 5.56 Å². The third kappa shape index (κ3) is 5.55. The summed E-state index contributed by atoms with van der Waals surface area (Å²) in [4.78, 5) is 18.5. The Morgan fingerprint density at radius 1 is 0.974 bits per heavy atom. The summed E-state index contributed by atoms with van der Waals surface area (Å²) in [6.45, 7) is 7.59. The summed E-state index contributed by atoms with van der Waals surface area (Å²) in [5.41, 5.74) is 5.63. The molecular formula is C30H31FN6O. The van der Waals surface area contributed by atoms with E-state index in [-0.39, 0.29) is 17.4 Å². The van der Waals surface area contributed by atoms with Gasteiger partial charge in [0.2, 0.25) is 0 Å². The lowest BCUT2D eigenvalue weighted by Gasteiger charge is -2.30. The number of aromatic nitrogens is 5. The minimum atomic E-state index is -0.282. The maximum atomic E-state index is 13.7. The van der Waals surface area contributed by atoms with Crippen molar-refractivity contribution in [2.75, 3.05) is 0 Å². The zero-order chi connectivity index (χ0) is 26.6. The fourth-order valence-corrected chi connectivity index (χ4v) is 5.08.